The van der Waals surface area contributed by atoms with Crippen LogP contribution in [0.5, 0.6) is 0 Å². The molecule has 1 saturated carbocycles. The molecule has 0 aromatic carbocycles. The molecule has 24 heavy (non-hydrogen) atoms. The highest BCUT2D eigenvalue weighted by Crippen LogP contribution is 2.36. The number of nitrogens with two attached hydrogens (primary N) is 2. The Hall–Kier alpha value is 0.340. The predicted octanol–water partition coefficient (Wildman–Crippen LogP) is -0.0817. The molecule has 8 heteroatoms. The van der Waals surface area contributed by atoms with Crippen molar-refractivity contribution in [3.8, 4) is 0 Å². The SMILES string of the molecule is CSCC[NH+]=C(N)CCSSCCC(N)=[NH+]CCSC1CCC1C. The average molecular weight is 411 g/mol. The van der Waals surface area contributed by atoms with Crippen molar-refractivity contribution in [2.45, 2.75) is 37.9 Å². The van der Waals surface area contributed by atoms with Gasteiger partial charge in [-0.1, -0.05) is 28.5 Å². The highest BCUT2D eigenvalue weighted by molar-refractivity contribution is 8.76. The largest absolute Gasteiger partial charge is 0.291 e. The van der Waals surface area contributed by atoms with Crippen molar-refractivity contribution in [1.82, 2.24) is 0 Å². The van der Waals surface area contributed by atoms with Crippen molar-refractivity contribution in [1.29, 1.82) is 0 Å². The molecule has 2 unspecified atom stereocenters. The monoisotopic (exact) mass is 410 g/mol. The molecule has 0 aromatic rings. The molecule has 4 nitrogen and oxygen atoms in total. The van der Waals surface area contributed by atoms with Gasteiger partial charge in [-0.2, -0.15) is 23.5 Å². The van der Waals surface area contributed by atoms with E-state index in [9.17, 15) is 0 Å². The molecule has 1 aliphatic carbocycles. The fourth-order valence-electron chi connectivity index (χ4n) is 2.22. The first kappa shape index (κ1) is 22.4. The second-order valence-electron chi connectivity index (χ2n) is 6.00. The van der Waals surface area contributed by atoms with E-state index < -0.39 is 0 Å². The number of hydrogen-bond donors (Lipinski definition) is 4. The molecule has 140 valence electrons. The zero-order valence-corrected chi connectivity index (χ0v) is 18.3. The summed E-state index contributed by atoms with van der Waals surface area (Å²) in [6.07, 6.45) is 6.78. The predicted molar refractivity (Wildman–Crippen MR) is 117 cm³/mol. The summed E-state index contributed by atoms with van der Waals surface area (Å²) in [5.41, 5.74) is 12.0. The molecule has 0 aliphatic heterocycles. The summed E-state index contributed by atoms with van der Waals surface area (Å²) >= 11 is 3.93. The number of rotatable bonds is 14. The Labute approximate surface area is 164 Å². The molecular weight excluding hydrogens is 376 g/mol. The van der Waals surface area contributed by atoms with Crippen LogP contribution in [0.4, 0.5) is 0 Å². The van der Waals surface area contributed by atoms with E-state index in [4.69, 9.17) is 11.5 Å². The quantitative estimate of drug-likeness (QED) is 0.139. The molecule has 1 aliphatic rings. The van der Waals surface area contributed by atoms with Gasteiger partial charge >= 0.3 is 0 Å². The third-order valence-corrected chi connectivity index (χ3v) is 8.57. The molecule has 1 rings (SSSR count). The summed E-state index contributed by atoms with van der Waals surface area (Å²) in [6, 6.07) is 0. The van der Waals surface area contributed by atoms with E-state index in [2.05, 4.69) is 34.9 Å². The first-order valence-corrected chi connectivity index (χ1v) is 13.6. The Balaban J connectivity index is 1.92. The first-order chi connectivity index (χ1) is 11.6. The molecule has 0 heterocycles. The second kappa shape index (κ2) is 14.5. The van der Waals surface area contributed by atoms with Crippen LogP contribution in [0.1, 0.15) is 32.6 Å². The first-order valence-electron chi connectivity index (χ1n) is 8.68. The molecule has 1 fully saturated rings. The van der Waals surface area contributed by atoms with Crippen molar-refractivity contribution in [2.75, 3.05) is 42.4 Å². The van der Waals surface area contributed by atoms with Crippen LogP contribution in [0.3, 0.4) is 0 Å². The summed E-state index contributed by atoms with van der Waals surface area (Å²) in [4.78, 5) is 6.61. The van der Waals surface area contributed by atoms with Crippen molar-refractivity contribution < 1.29 is 9.98 Å². The van der Waals surface area contributed by atoms with Gasteiger partial charge < -0.3 is 0 Å². The van der Waals surface area contributed by atoms with Gasteiger partial charge in [-0.15, -0.1) is 0 Å². The third kappa shape index (κ3) is 11.1. The maximum atomic E-state index is 6.03. The van der Waals surface area contributed by atoms with Gasteiger partial charge in [-0.3, -0.25) is 21.5 Å². The lowest BCUT2D eigenvalue weighted by Crippen LogP contribution is -2.76. The average Bonchev–Trinajstić information content (AvgIpc) is 2.56. The molecule has 2 atom stereocenters. The van der Waals surface area contributed by atoms with Gasteiger partial charge in [0, 0.05) is 28.3 Å². The van der Waals surface area contributed by atoms with Gasteiger partial charge in [-0.05, 0) is 25.0 Å². The molecule has 0 radical (unpaired) electrons. The van der Waals surface area contributed by atoms with Crippen LogP contribution in [0.15, 0.2) is 0 Å². The normalized spacial score (nSPS) is 21.8. The van der Waals surface area contributed by atoms with Crippen LogP contribution in [0.2, 0.25) is 0 Å². The van der Waals surface area contributed by atoms with Crippen LogP contribution >= 0.6 is 45.1 Å². The molecule has 0 spiro atoms. The number of amidine groups is 2. The topological polar surface area (TPSA) is 80.0 Å². The number of hydrogen-bond acceptors (Lipinski definition) is 4. The fourth-order valence-corrected chi connectivity index (χ4v) is 5.86. The summed E-state index contributed by atoms with van der Waals surface area (Å²) in [6.45, 7) is 4.31. The van der Waals surface area contributed by atoms with Gasteiger partial charge in [0.25, 0.3) is 0 Å². The molecule has 0 aromatic heterocycles. The number of thioether (sulfide) groups is 2. The molecule has 0 bridgehead atoms. The molecule has 0 saturated heterocycles. The Bertz CT molecular complexity index is 390. The highest BCUT2D eigenvalue weighted by Gasteiger charge is 2.26. The van der Waals surface area contributed by atoms with E-state index >= 15 is 0 Å². The Kier molecular flexibility index (Phi) is 13.5. The zero-order chi connectivity index (χ0) is 17.6. The Morgan fingerprint density at radius 1 is 0.917 bits per heavy atom. The van der Waals surface area contributed by atoms with Crippen molar-refractivity contribution >= 4 is 56.8 Å². The lowest BCUT2D eigenvalue weighted by atomic mass is 9.87. The summed E-state index contributed by atoms with van der Waals surface area (Å²) in [5.74, 6) is 7.11. The minimum atomic E-state index is 0.888. The summed E-state index contributed by atoms with van der Waals surface area (Å²) < 4.78 is 0. The van der Waals surface area contributed by atoms with E-state index in [0.29, 0.717) is 0 Å². The minimum absolute atomic E-state index is 0.888. The highest BCUT2D eigenvalue weighted by atomic mass is 33.1. The van der Waals surface area contributed by atoms with E-state index in [1.165, 1.54) is 12.8 Å². The van der Waals surface area contributed by atoms with Gasteiger partial charge in [0.05, 0.1) is 25.9 Å². The van der Waals surface area contributed by atoms with Gasteiger partial charge in [0.2, 0.25) is 11.7 Å². The van der Waals surface area contributed by atoms with E-state index in [1.54, 1.807) is 0 Å². The van der Waals surface area contributed by atoms with E-state index in [0.717, 1.165) is 71.8 Å². The van der Waals surface area contributed by atoms with Crippen LogP contribution in [-0.4, -0.2) is 59.3 Å². The van der Waals surface area contributed by atoms with Crippen LogP contribution in [0.25, 0.3) is 0 Å². The Morgan fingerprint density at radius 2 is 1.50 bits per heavy atom. The van der Waals surface area contributed by atoms with Crippen molar-refractivity contribution in [3.05, 3.63) is 0 Å². The Morgan fingerprint density at radius 3 is 1.96 bits per heavy atom. The maximum absolute atomic E-state index is 6.03. The van der Waals surface area contributed by atoms with Gasteiger partial charge in [-0.25, -0.2) is 0 Å². The lowest BCUT2D eigenvalue weighted by molar-refractivity contribution is -0.453. The molecule has 6 N–H and O–H groups in total. The minimum Gasteiger partial charge on any atom is -0.291 e. The lowest BCUT2D eigenvalue weighted by Gasteiger charge is -2.32. The van der Waals surface area contributed by atoms with Crippen LogP contribution in [0, 0.1) is 5.92 Å². The zero-order valence-electron chi connectivity index (χ0n) is 15.0. The van der Waals surface area contributed by atoms with Crippen molar-refractivity contribution in [2.24, 2.45) is 17.4 Å². The van der Waals surface area contributed by atoms with Crippen LogP contribution < -0.4 is 21.5 Å². The number of nitrogens with one attached hydrogen (secondary N) is 2. The summed E-state index contributed by atoms with van der Waals surface area (Å²) in [5, 5.41) is 0.888. The van der Waals surface area contributed by atoms with Crippen LogP contribution in [-0.2, 0) is 0 Å². The molecular formula is C16H34N4S4+2. The fraction of sp³-hybridized carbons (Fsp3) is 0.875. The standard InChI is InChI=1S/C16H32N4S4/c1-13-3-4-14(13)22-12-8-20-16(18)6-10-24-23-9-5-15(17)19-7-11-21-2/h13-14H,3-12H2,1-2H3,(H2,17,19)(H2,18,20)/p+2. The van der Waals surface area contributed by atoms with Gasteiger partial charge in [0.15, 0.2) is 0 Å². The smallest absolute Gasteiger partial charge is 0.241 e. The maximum Gasteiger partial charge on any atom is 0.241 e. The van der Waals surface area contributed by atoms with Gasteiger partial charge in [0.1, 0.15) is 0 Å². The third-order valence-electron chi connectivity index (χ3n) is 3.98. The molecule has 0 amide bonds. The van der Waals surface area contributed by atoms with Crippen molar-refractivity contribution in [3.63, 3.8) is 0 Å². The van der Waals surface area contributed by atoms with E-state index in [1.807, 2.05) is 33.3 Å². The van der Waals surface area contributed by atoms with E-state index in [-0.39, 0.29) is 0 Å². The summed E-state index contributed by atoms with van der Waals surface area (Å²) in [7, 11) is 3.75. The second-order valence-corrected chi connectivity index (χ2v) is 11.0.